The lowest BCUT2D eigenvalue weighted by molar-refractivity contribution is 0.200. The number of benzene rings is 1. The minimum Gasteiger partial charge on any atom is -0.493 e. The Morgan fingerprint density at radius 1 is 1.29 bits per heavy atom. The number of nitrogens with two attached hydrogens (primary N) is 1. The number of rotatable bonds is 5. The van der Waals surface area contributed by atoms with Gasteiger partial charge in [-0.2, -0.15) is 0 Å². The number of anilines is 1. The molecule has 1 aliphatic carbocycles. The molecule has 0 radical (unpaired) electrons. The molecule has 128 valence electrons. The van der Waals surface area contributed by atoms with Crippen molar-refractivity contribution < 1.29 is 9.47 Å². The van der Waals surface area contributed by atoms with Gasteiger partial charge < -0.3 is 19.8 Å². The minimum atomic E-state index is -0.297. The maximum absolute atomic E-state index is 11.4. The Balaban J connectivity index is 1.88. The van der Waals surface area contributed by atoms with Gasteiger partial charge in [-0.25, -0.2) is 0 Å². The molecule has 0 bridgehead atoms. The molecule has 0 atom stereocenters. The summed E-state index contributed by atoms with van der Waals surface area (Å²) in [6.45, 7) is 0.451. The molecule has 0 saturated heterocycles. The molecule has 6 nitrogen and oxygen atoms in total. The molecule has 24 heavy (non-hydrogen) atoms. The lowest BCUT2D eigenvalue weighted by atomic mass is 10.2. The summed E-state index contributed by atoms with van der Waals surface area (Å²) in [5.74, 6) is 1.78. The van der Waals surface area contributed by atoms with Crippen LogP contribution in [0.1, 0.15) is 31.2 Å². The predicted molar refractivity (Wildman–Crippen MR) is 95.3 cm³/mol. The monoisotopic (exact) mass is 347 g/mol. The van der Waals surface area contributed by atoms with Crippen LogP contribution in [0.5, 0.6) is 11.5 Å². The second-order valence-electron chi connectivity index (χ2n) is 5.96. The molecular weight excluding hydrogens is 326 g/mol. The molecule has 2 aromatic rings. The summed E-state index contributed by atoms with van der Waals surface area (Å²) in [5, 5.41) is 0. The van der Waals surface area contributed by atoms with Crippen molar-refractivity contribution >= 4 is 18.0 Å². The maximum Gasteiger partial charge on any atom is 0.253 e. The van der Waals surface area contributed by atoms with Crippen LogP contribution in [0, 0.1) is 4.77 Å². The lowest BCUT2D eigenvalue weighted by Gasteiger charge is -2.17. The number of methoxy groups -OCH3 is 1. The quantitative estimate of drug-likeness (QED) is 0.813. The van der Waals surface area contributed by atoms with E-state index in [2.05, 4.69) is 4.98 Å². The number of aromatic nitrogens is 2. The molecule has 1 aliphatic rings. The third kappa shape index (κ3) is 3.62. The molecule has 0 amide bonds. The second kappa shape index (κ2) is 7.09. The Morgan fingerprint density at radius 2 is 2.04 bits per heavy atom. The van der Waals surface area contributed by atoms with E-state index in [0.29, 0.717) is 22.9 Å². The van der Waals surface area contributed by atoms with Gasteiger partial charge in [-0.05, 0) is 55.6 Å². The number of aromatic amines is 1. The SMILES string of the molecule is COc1ccc(Cn2c(N)cc(=O)[nH]c2=S)cc1OC1CCCC1. The van der Waals surface area contributed by atoms with Crippen molar-refractivity contribution in [3.8, 4) is 11.5 Å². The molecule has 1 aromatic carbocycles. The third-order valence-electron chi connectivity index (χ3n) is 4.23. The van der Waals surface area contributed by atoms with Crippen molar-refractivity contribution in [1.29, 1.82) is 0 Å². The van der Waals surface area contributed by atoms with Crippen LogP contribution in [0.2, 0.25) is 0 Å². The number of hydrogen-bond donors (Lipinski definition) is 2. The van der Waals surface area contributed by atoms with Gasteiger partial charge in [0.25, 0.3) is 5.56 Å². The second-order valence-corrected chi connectivity index (χ2v) is 6.35. The van der Waals surface area contributed by atoms with Gasteiger partial charge in [0.05, 0.1) is 19.8 Å². The molecule has 1 saturated carbocycles. The fraction of sp³-hybridized carbons (Fsp3) is 0.412. The lowest BCUT2D eigenvalue weighted by Crippen LogP contribution is -2.17. The largest absolute Gasteiger partial charge is 0.493 e. The highest BCUT2D eigenvalue weighted by Gasteiger charge is 2.18. The van der Waals surface area contributed by atoms with Crippen LogP contribution < -0.4 is 20.8 Å². The van der Waals surface area contributed by atoms with Crippen LogP contribution in [-0.2, 0) is 6.54 Å². The Hall–Kier alpha value is -2.28. The van der Waals surface area contributed by atoms with Crippen molar-refractivity contribution in [2.45, 2.75) is 38.3 Å². The van der Waals surface area contributed by atoms with E-state index in [9.17, 15) is 4.79 Å². The fourth-order valence-corrected chi connectivity index (χ4v) is 3.25. The van der Waals surface area contributed by atoms with Gasteiger partial charge in [-0.1, -0.05) is 6.07 Å². The van der Waals surface area contributed by atoms with Crippen molar-refractivity contribution in [3.63, 3.8) is 0 Å². The number of hydrogen-bond acceptors (Lipinski definition) is 5. The van der Waals surface area contributed by atoms with E-state index in [1.165, 1.54) is 18.9 Å². The van der Waals surface area contributed by atoms with Gasteiger partial charge in [0.2, 0.25) is 0 Å². The van der Waals surface area contributed by atoms with Gasteiger partial charge in [0.15, 0.2) is 16.3 Å². The third-order valence-corrected chi connectivity index (χ3v) is 4.55. The Kier molecular flexibility index (Phi) is 4.89. The van der Waals surface area contributed by atoms with E-state index in [4.69, 9.17) is 27.4 Å². The summed E-state index contributed by atoms with van der Waals surface area (Å²) in [6.07, 6.45) is 4.80. The molecule has 1 fully saturated rings. The summed E-state index contributed by atoms with van der Waals surface area (Å²) in [7, 11) is 1.63. The Labute approximate surface area is 145 Å². The van der Waals surface area contributed by atoms with Gasteiger partial charge in [0.1, 0.15) is 5.82 Å². The first-order chi connectivity index (χ1) is 11.6. The van der Waals surface area contributed by atoms with Crippen molar-refractivity contribution in [2.24, 2.45) is 0 Å². The summed E-state index contributed by atoms with van der Waals surface area (Å²) < 4.78 is 13.5. The molecule has 7 heteroatoms. The van der Waals surface area contributed by atoms with E-state index < -0.39 is 0 Å². The van der Waals surface area contributed by atoms with Crippen LogP contribution in [0.3, 0.4) is 0 Å². The number of H-pyrrole nitrogens is 1. The molecule has 1 aromatic heterocycles. The van der Waals surface area contributed by atoms with Crippen LogP contribution in [0.25, 0.3) is 0 Å². The predicted octanol–water partition coefficient (Wildman–Crippen LogP) is 2.87. The van der Waals surface area contributed by atoms with Crippen LogP contribution in [0.4, 0.5) is 5.82 Å². The molecule has 0 unspecified atom stereocenters. The average molecular weight is 347 g/mol. The first-order valence-corrected chi connectivity index (χ1v) is 8.41. The molecule has 0 spiro atoms. The van der Waals surface area contributed by atoms with E-state index in [-0.39, 0.29) is 11.7 Å². The van der Waals surface area contributed by atoms with Gasteiger partial charge >= 0.3 is 0 Å². The smallest absolute Gasteiger partial charge is 0.253 e. The van der Waals surface area contributed by atoms with Gasteiger partial charge in [0, 0.05) is 6.07 Å². The van der Waals surface area contributed by atoms with Crippen molar-refractivity contribution in [2.75, 3.05) is 12.8 Å². The number of nitrogens with zero attached hydrogens (tertiary/aromatic N) is 1. The summed E-state index contributed by atoms with van der Waals surface area (Å²) in [6, 6.07) is 7.09. The molecular formula is C17H21N3O3S. The minimum absolute atomic E-state index is 0.245. The molecule has 0 aliphatic heterocycles. The molecule has 1 heterocycles. The van der Waals surface area contributed by atoms with Crippen molar-refractivity contribution in [3.05, 3.63) is 45.0 Å². The van der Waals surface area contributed by atoms with Crippen LogP contribution in [0.15, 0.2) is 29.1 Å². The highest BCUT2D eigenvalue weighted by molar-refractivity contribution is 7.71. The zero-order chi connectivity index (χ0) is 17.1. The zero-order valence-corrected chi connectivity index (χ0v) is 14.4. The first kappa shape index (κ1) is 16.6. The topological polar surface area (TPSA) is 82.3 Å². The van der Waals surface area contributed by atoms with E-state index >= 15 is 0 Å². The average Bonchev–Trinajstić information content (AvgIpc) is 3.04. The Morgan fingerprint density at radius 3 is 2.71 bits per heavy atom. The van der Waals surface area contributed by atoms with Gasteiger partial charge in [-0.15, -0.1) is 0 Å². The van der Waals surface area contributed by atoms with E-state index in [1.807, 2.05) is 18.2 Å². The van der Waals surface area contributed by atoms with E-state index in [0.717, 1.165) is 24.2 Å². The Bertz CT molecular complexity index is 838. The number of nitrogen functional groups attached to an aromatic ring is 1. The molecule has 3 rings (SSSR count). The van der Waals surface area contributed by atoms with Gasteiger partial charge in [-0.3, -0.25) is 9.78 Å². The van der Waals surface area contributed by atoms with E-state index in [1.54, 1.807) is 11.7 Å². The number of ether oxygens (including phenoxy) is 2. The van der Waals surface area contributed by atoms with Crippen molar-refractivity contribution in [1.82, 2.24) is 9.55 Å². The summed E-state index contributed by atoms with van der Waals surface area (Å²) in [5.41, 5.74) is 6.59. The summed E-state index contributed by atoms with van der Waals surface area (Å²) in [4.78, 5) is 14.0. The van der Waals surface area contributed by atoms with Crippen LogP contribution in [-0.4, -0.2) is 22.8 Å². The molecule has 3 N–H and O–H groups in total. The normalized spacial score (nSPS) is 14.7. The number of nitrogens with one attached hydrogen (secondary N) is 1. The highest BCUT2D eigenvalue weighted by atomic mass is 32.1. The fourth-order valence-electron chi connectivity index (χ4n) is 2.98. The first-order valence-electron chi connectivity index (χ1n) is 8.00. The summed E-state index contributed by atoms with van der Waals surface area (Å²) >= 11 is 5.19. The standard InChI is InChI=1S/C17H21N3O3S/c1-22-13-7-6-11(8-14(13)23-12-4-2-3-5-12)10-20-15(18)9-16(21)19-17(20)24/h6-9,12H,2-5,10,18H2,1H3,(H,19,21,24). The zero-order valence-electron chi connectivity index (χ0n) is 13.6. The van der Waals surface area contributed by atoms with Crippen LogP contribution >= 0.6 is 12.2 Å². The maximum atomic E-state index is 11.4. The highest BCUT2D eigenvalue weighted by Crippen LogP contribution is 2.32.